The fourth-order valence-electron chi connectivity index (χ4n) is 0.407. The monoisotopic (exact) mass is 135 g/mol. The van der Waals surface area contributed by atoms with E-state index in [1.165, 1.54) is 14.1 Å². The first-order chi connectivity index (χ1) is 4.04. The van der Waals surface area contributed by atoms with Gasteiger partial charge < -0.3 is 15.5 Å². The normalized spacial score (nSPS) is 21.0. The molecule has 9 heavy (non-hydrogen) atoms. The van der Waals surface area contributed by atoms with Crippen LogP contribution in [0.15, 0.2) is 0 Å². The van der Waals surface area contributed by atoms with Gasteiger partial charge in [0.2, 0.25) is 0 Å². The average molecular weight is 135 g/mol. The lowest BCUT2D eigenvalue weighted by Gasteiger charge is -2.28. The summed E-state index contributed by atoms with van der Waals surface area (Å²) in [7, 11) is 2.83. The summed E-state index contributed by atoms with van der Waals surface area (Å²) in [6, 6.07) is 0. The van der Waals surface area contributed by atoms with Crippen LogP contribution < -0.4 is 15.7 Å². The van der Waals surface area contributed by atoms with E-state index in [4.69, 9.17) is 0 Å². The third-order valence-electron chi connectivity index (χ3n) is 1.03. The summed E-state index contributed by atoms with van der Waals surface area (Å²) in [5.74, 6) is 0. The molecule has 0 aliphatic heterocycles. The predicted octanol–water partition coefficient (Wildman–Crippen LogP) is -3.14. The van der Waals surface area contributed by atoms with Gasteiger partial charge in [-0.2, -0.15) is 0 Å². The van der Waals surface area contributed by atoms with Crippen molar-refractivity contribution < 1.29 is 10.2 Å². The zero-order valence-corrected chi connectivity index (χ0v) is 5.89. The lowest BCUT2D eigenvalue weighted by atomic mass is 10.6. The van der Waals surface area contributed by atoms with Crippen LogP contribution in [0.3, 0.4) is 0 Å². The minimum atomic E-state index is -0.345. The topological polar surface area (TPSA) is 67.0 Å². The Labute approximate surface area is 54.4 Å². The van der Waals surface area contributed by atoms with Gasteiger partial charge in [0.1, 0.15) is 0 Å². The lowest BCUT2D eigenvalue weighted by molar-refractivity contribution is -0.947. The second-order valence-corrected chi connectivity index (χ2v) is 2.03. The van der Waals surface area contributed by atoms with Gasteiger partial charge in [0.05, 0.1) is 14.1 Å². The van der Waals surface area contributed by atoms with Gasteiger partial charge >= 0.3 is 0 Å². The molecule has 0 amide bonds. The van der Waals surface area contributed by atoms with Crippen molar-refractivity contribution in [2.45, 2.75) is 13.1 Å². The maximum absolute atomic E-state index is 10.5. The van der Waals surface area contributed by atoms with Crippen molar-refractivity contribution in [2.24, 2.45) is 0 Å². The summed E-state index contributed by atoms with van der Waals surface area (Å²) in [5.41, 5.74) is 2.45. The largest absolute Gasteiger partial charge is 0.633 e. The molecule has 0 radical (unpaired) electrons. The van der Waals surface area contributed by atoms with Crippen LogP contribution in [0.5, 0.6) is 0 Å². The molecule has 5 heteroatoms. The van der Waals surface area contributed by atoms with Crippen molar-refractivity contribution in [1.29, 1.82) is 0 Å². The second-order valence-electron chi connectivity index (χ2n) is 2.03. The molecule has 3 atom stereocenters. The van der Waals surface area contributed by atoms with E-state index in [9.17, 15) is 10.4 Å². The van der Waals surface area contributed by atoms with Crippen LogP contribution >= 0.6 is 0 Å². The highest BCUT2D eigenvalue weighted by atomic mass is 16.5. The quantitative estimate of drug-likeness (QED) is 0.283. The maximum atomic E-state index is 10.5. The standard InChI is InChI=1S/C4H13N3O2/c1-4(6(2)8)5-7(3)9/h4-7H,1-3H3/t4-/m1/s1. The summed E-state index contributed by atoms with van der Waals surface area (Å²) < 4.78 is 0. The molecule has 56 valence electrons. The molecule has 0 rings (SSSR count). The first-order valence-electron chi connectivity index (χ1n) is 2.81. The highest BCUT2D eigenvalue weighted by Crippen LogP contribution is 1.53. The third-order valence-corrected chi connectivity index (χ3v) is 1.03. The van der Waals surface area contributed by atoms with Gasteiger partial charge in [-0.1, -0.05) is 0 Å². The summed E-state index contributed by atoms with van der Waals surface area (Å²) >= 11 is 0. The molecular formula is C4H13N3O2. The van der Waals surface area contributed by atoms with Gasteiger partial charge in [-0.25, -0.2) is 0 Å². The lowest BCUT2D eigenvalue weighted by Crippen LogP contribution is -3.21. The van der Waals surface area contributed by atoms with E-state index < -0.39 is 0 Å². The van der Waals surface area contributed by atoms with Crippen molar-refractivity contribution in [3.8, 4) is 0 Å². The molecule has 0 aliphatic carbocycles. The van der Waals surface area contributed by atoms with Crippen LogP contribution in [-0.2, 0) is 0 Å². The molecule has 0 aliphatic rings. The summed E-state index contributed by atoms with van der Waals surface area (Å²) in [6.45, 7) is 1.66. The van der Waals surface area contributed by atoms with E-state index in [-0.39, 0.29) is 16.4 Å². The molecule has 0 aromatic rings. The summed E-state index contributed by atoms with van der Waals surface area (Å²) in [5, 5.41) is 20.6. The number of rotatable bonds is 3. The zero-order valence-electron chi connectivity index (χ0n) is 5.89. The van der Waals surface area contributed by atoms with Gasteiger partial charge in [-0.05, 0) is 0 Å². The highest BCUT2D eigenvalue weighted by Gasteiger charge is 2.04. The minimum absolute atomic E-state index is 0.0230. The molecule has 5 nitrogen and oxygen atoms in total. The Kier molecular flexibility index (Phi) is 3.67. The number of hydrogen-bond donors (Lipinski definition) is 3. The van der Waals surface area contributed by atoms with E-state index in [1.807, 2.05) is 0 Å². The first-order valence-corrected chi connectivity index (χ1v) is 2.81. The van der Waals surface area contributed by atoms with Crippen LogP contribution in [0, 0.1) is 10.4 Å². The van der Waals surface area contributed by atoms with Gasteiger partial charge in [0, 0.05) is 6.92 Å². The number of hydrogen-bond acceptors (Lipinski definition) is 3. The van der Waals surface area contributed by atoms with Crippen LogP contribution in [0.4, 0.5) is 0 Å². The van der Waals surface area contributed by atoms with Crippen LogP contribution in [0.1, 0.15) is 6.92 Å². The Balaban J connectivity index is 3.38. The van der Waals surface area contributed by atoms with E-state index >= 15 is 0 Å². The third kappa shape index (κ3) is 4.31. The number of hydroxylamine groups is 3. The fourth-order valence-corrected chi connectivity index (χ4v) is 0.407. The smallest absolute Gasteiger partial charge is 0.180 e. The Morgan fingerprint density at radius 2 is 1.78 bits per heavy atom. The molecule has 0 bridgehead atoms. The molecule has 2 unspecified atom stereocenters. The van der Waals surface area contributed by atoms with Crippen molar-refractivity contribution in [3.63, 3.8) is 0 Å². The van der Waals surface area contributed by atoms with Gasteiger partial charge in [-0.15, -0.1) is 5.43 Å². The molecule has 0 heterocycles. The Morgan fingerprint density at radius 1 is 1.33 bits per heavy atom. The molecule has 0 aromatic carbocycles. The molecule has 0 saturated carbocycles. The number of quaternary nitrogens is 2. The SMILES string of the molecule is C[C@H](N[NH+](C)[O-])[NH+](C)[O-]. The Bertz CT molecular complexity index is 76.2. The van der Waals surface area contributed by atoms with Crippen molar-refractivity contribution >= 4 is 0 Å². The zero-order chi connectivity index (χ0) is 7.44. The maximum Gasteiger partial charge on any atom is 0.180 e. The number of nitrogens with one attached hydrogen (secondary N) is 3. The molecule has 0 saturated heterocycles. The predicted molar refractivity (Wildman–Crippen MR) is 33.1 cm³/mol. The van der Waals surface area contributed by atoms with Crippen LogP contribution in [0.25, 0.3) is 0 Å². The highest BCUT2D eigenvalue weighted by molar-refractivity contribution is 4.28. The van der Waals surface area contributed by atoms with Gasteiger partial charge in [0.25, 0.3) is 0 Å². The molecule has 3 N–H and O–H groups in total. The first kappa shape index (κ1) is 8.80. The second kappa shape index (κ2) is 3.76. The summed E-state index contributed by atoms with van der Waals surface area (Å²) in [6.07, 6.45) is -0.345. The molecular weight excluding hydrogens is 122 g/mol. The average Bonchev–Trinajstić information content (AvgIpc) is 1.63. The Hall–Kier alpha value is -0.200. The van der Waals surface area contributed by atoms with E-state index in [0.29, 0.717) is 0 Å². The minimum Gasteiger partial charge on any atom is -0.633 e. The van der Waals surface area contributed by atoms with Gasteiger partial charge in [0.15, 0.2) is 6.17 Å². The van der Waals surface area contributed by atoms with Crippen LogP contribution in [0.2, 0.25) is 0 Å². The molecule has 0 aromatic heterocycles. The van der Waals surface area contributed by atoms with Gasteiger partial charge in [-0.3, -0.25) is 5.17 Å². The molecule has 0 spiro atoms. The molecule has 0 fully saturated rings. The van der Waals surface area contributed by atoms with E-state index in [1.54, 1.807) is 6.92 Å². The van der Waals surface area contributed by atoms with Crippen molar-refractivity contribution in [1.82, 2.24) is 5.43 Å². The fraction of sp³-hybridized carbons (Fsp3) is 1.00. The van der Waals surface area contributed by atoms with E-state index in [0.717, 1.165) is 0 Å². The summed E-state index contributed by atoms with van der Waals surface area (Å²) in [4.78, 5) is 0. The van der Waals surface area contributed by atoms with Crippen LogP contribution in [-0.4, -0.2) is 20.3 Å². The van der Waals surface area contributed by atoms with E-state index in [2.05, 4.69) is 5.43 Å². The van der Waals surface area contributed by atoms with Crippen molar-refractivity contribution in [2.75, 3.05) is 14.1 Å². The Morgan fingerprint density at radius 3 is 1.89 bits per heavy atom. The van der Waals surface area contributed by atoms with Crippen molar-refractivity contribution in [3.05, 3.63) is 10.4 Å².